The van der Waals surface area contributed by atoms with Gasteiger partial charge in [-0.2, -0.15) is 0 Å². The summed E-state index contributed by atoms with van der Waals surface area (Å²) in [5, 5.41) is 0. The molecule has 0 aliphatic rings. The fourth-order valence-electron chi connectivity index (χ4n) is 0.582. The van der Waals surface area contributed by atoms with Crippen molar-refractivity contribution in [3.63, 3.8) is 0 Å². The Bertz CT molecular complexity index is 236. The minimum Gasteiger partial charge on any atom is -0.278 e. The van der Waals surface area contributed by atoms with E-state index in [9.17, 15) is 4.79 Å². The van der Waals surface area contributed by atoms with Crippen molar-refractivity contribution in [1.29, 1.82) is 0 Å². The van der Waals surface area contributed by atoms with Crippen LogP contribution in [0.15, 0.2) is 10.9 Å². The SMILES string of the molecule is CC.CC(C)c1cc(=O)[nH]s1. The Morgan fingerprint density at radius 1 is 1.45 bits per heavy atom. The molecule has 0 amide bonds. The van der Waals surface area contributed by atoms with Crippen molar-refractivity contribution in [1.82, 2.24) is 4.37 Å². The molecule has 0 aromatic carbocycles. The molecule has 0 saturated heterocycles. The highest BCUT2D eigenvalue weighted by molar-refractivity contribution is 7.05. The molecule has 0 aliphatic heterocycles. The van der Waals surface area contributed by atoms with Crippen molar-refractivity contribution >= 4 is 11.5 Å². The van der Waals surface area contributed by atoms with Crippen LogP contribution < -0.4 is 5.56 Å². The van der Waals surface area contributed by atoms with Gasteiger partial charge in [0.1, 0.15) is 0 Å². The van der Waals surface area contributed by atoms with E-state index in [0.29, 0.717) is 5.92 Å². The van der Waals surface area contributed by atoms with Gasteiger partial charge in [0.2, 0.25) is 0 Å². The maximum absolute atomic E-state index is 10.5. The Kier molecular flexibility index (Phi) is 4.86. The molecule has 1 heterocycles. The van der Waals surface area contributed by atoms with Gasteiger partial charge in [0, 0.05) is 10.9 Å². The lowest BCUT2D eigenvalue weighted by Gasteiger charge is -1.94. The average molecular weight is 173 g/mol. The van der Waals surface area contributed by atoms with Crippen LogP contribution in [0.4, 0.5) is 0 Å². The van der Waals surface area contributed by atoms with Crippen LogP contribution in [0.3, 0.4) is 0 Å². The number of H-pyrrole nitrogens is 1. The molecule has 0 unspecified atom stereocenters. The molecule has 2 nitrogen and oxygen atoms in total. The van der Waals surface area contributed by atoms with Crippen molar-refractivity contribution in [2.45, 2.75) is 33.6 Å². The van der Waals surface area contributed by atoms with Crippen LogP contribution in [-0.2, 0) is 0 Å². The van der Waals surface area contributed by atoms with Gasteiger partial charge in [0.15, 0.2) is 0 Å². The normalized spacial score (nSPS) is 9.18. The zero-order valence-electron chi connectivity index (χ0n) is 7.47. The molecule has 1 aromatic rings. The second-order valence-electron chi connectivity index (χ2n) is 2.27. The molecule has 3 heteroatoms. The van der Waals surface area contributed by atoms with Crippen LogP contribution in [-0.4, -0.2) is 4.37 Å². The summed E-state index contributed by atoms with van der Waals surface area (Å²) in [6.45, 7) is 8.14. The first-order valence-electron chi connectivity index (χ1n) is 3.88. The van der Waals surface area contributed by atoms with E-state index in [0.717, 1.165) is 4.88 Å². The molecule has 0 fully saturated rings. The summed E-state index contributed by atoms with van der Waals surface area (Å²) in [6.07, 6.45) is 0. The van der Waals surface area contributed by atoms with Gasteiger partial charge in [-0.25, -0.2) is 0 Å². The zero-order valence-corrected chi connectivity index (χ0v) is 8.29. The second-order valence-corrected chi connectivity index (χ2v) is 3.15. The number of hydrogen-bond acceptors (Lipinski definition) is 2. The first kappa shape index (κ1) is 10.4. The van der Waals surface area contributed by atoms with Gasteiger partial charge >= 0.3 is 0 Å². The zero-order chi connectivity index (χ0) is 8.85. The van der Waals surface area contributed by atoms with Crippen molar-refractivity contribution < 1.29 is 0 Å². The molecule has 64 valence electrons. The Labute approximate surface area is 71.4 Å². The summed E-state index contributed by atoms with van der Waals surface area (Å²) < 4.78 is 2.64. The van der Waals surface area contributed by atoms with E-state index in [-0.39, 0.29) is 5.56 Å². The molecule has 1 rings (SSSR count). The molecule has 0 spiro atoms. The largest absolute Gasteiger partial charge is 0.278 e. The van der Waals surface area contributed by atoms with Crippen LogP contribution >= 0.6 is 11.5 Å². The fraction of sp³-hybridized carbons (Fsp3) is 0.625. The van der Waals surface area contributed by atoms with E-state index in [1.54, 1.807) is 6.07 Å². The first-order valence-corrected chi connectivity index (χ1v) is 4.70. The van der Waals surface area contributed by atoms with Gasteiger partial charge in [-0.15, -0.1) is 0 Å². The quantitative estimate of drug-likeness (QED) is 0.695. The lowest BCUT2D eigenvalue weighted by atomic mass is 10.2. The number of aromatic nitrogens is 1. The molecule has 0 saturated carbocycles. The number of nitrogens with one attached hydrogen (secondary N) is 1. The van der Waals surface area contributed by atoms with Gasteiger partial charge in [-0.3, -0.25) is 9.17 Å². The van der Waals surface area contributed by atoms with Crippen LogP contribution in [0, 0.1) is 0 Å². The van der Waals surface area contributed by atoms with Crippen LogP contribution in [0.2, 0.25) is 0 Å². The van der Waals surface area contributed by atoms with Crippen LogP contribution in [0.1, 0.15) is 38.5 Å². The maximum atomic E-state index is 10.5. The highest BCUT2D eigenvalue weighted by atomic mass is 32.1. The van der Waals surface area contributed by atoms with Gasteiger partial charge in [0.05, 0.1) is 0 Å². The molecule has 1 N–H and O–H groups in total. The standard InChI is InChI=1S/C6H9NOS.C2H6/c1-4(2)5-3-6(8)7-9-5;1-2/h3-4H,1-2H3,(H,7,8);1-2H3. The molecule has 0 bridgehead atoms. The topological polar surface area (TPSA) is 32.9 Å². The predicted octanol–water partition coefficient (Wildman–Crippen LogP) is 2.59. The first-order chi connectivity index (χ1) is 5.20. The summed E-state index contributed by atoms with van der Waals surface area (Å²) in [5.41, 5.74) is 0.0173. The van der Waals surface area contributed by atoms with Crippen molar-refractivity contribution in [2.24, 2.45) is 0 Å². The number of rotatable bonds is 1. The van der Waals surface area contributed by atoms with Crippen molar-refractivity contribution in [2.75, 3.05) is 0 Å². The lowest BCUT2D eigenvalue weighted by molar-refractivity contribution is 0.889. The summed E-state index contributed by atoms with van der Waals surface area (Å²) in [7, 11) is 0. The highest BCUT2D eigenvalue weighted by Gasteiger charge is 2.00. The molecule has 0 radical (unpaired) electrons. The molecule has 0 aliphatic carbocycles. The van der Waals surface area contributed by atoms with Crippen molar-refractivity contribution in [3.05, 3.63) is 21.3 Å². The summed E-state index contributed by atoms with van der Waals surface area (Å²) in [6, 6.07) is 1.65. The third kappa shape index (κ3) is 3.37. The van der Waals surface area contributed by atoms with E-state index in [1.807, 2.05) is 13.8 Å². The summed E-state index contributed by atoms with van der Waals surface area (Å²) in [5.74, 6) is 0.467. The minimum atomic E-state index is 0.0173. The van der Waals surface area contributed by atoms with E-state index in [4.69, 9.17) is 0 Å². The second kappa shape index (κ2) is 5.13. The van der Waals surface area contributed by atoms with E-state index >= 15 is 0 Å². The summed E-state index contributed by atoms with van der Waals surface area (Å²) >= 11 is 1.42. The number of aromatic amines is 1. The molecule has 0 atom stereocenters. The molecular formula is C8H15NOS. The maximum Gasteiger partial charge on any atom is 0.258 e. The predicted molar refractivity (Wildman–Crippen MR) is 50.4 cm³/mol. The van der Waals surface area contributed by atoms with Gasteiger partial charge in [-0.1, -0.05) is 39.2 Å². The smallest absolute Gasteiger partial charge is 0.258 e. The fourth-order valence-corrected chi connectivity index (χ4v) is 1.26. The van der Waals surface area contributed by atoms with Crippen molar-refractivity contribution in [3.8, 4) is 0 Å². The van der Waals surface area contributed by atoms with Crippen LogP contribution in [0.5, 0.6) is 0 Å². The molecule has 1 aromatic heterocycles. The van der Waals surface area contributed by atoms with E-state index < -0.39 is 0 Å². The lowest BCUT2D eigenvalue weighted by Crippen LogP contribution is -1.92. The Morgan fingerprint density at radius 2 is 2.00 bits per heavy atom. The Morgan fingerprint density at radius 3 is 2.18 bits per heavy atom. The van der Waals surface area contributed by atoms with Crippen LogP contribution in [0.25, 0.3) is 0 Å². The molecular weight excluding hydrogens is 158 g/mol. The van der Waals surface area contributed by atoms with Gasteiger partial charge in [0.25, 0.3) is 5.56 Å². The van der Waals surface area contributed by atoms with E-state index in [2.05, 4.69) is 18.2 Å². The third-order valence-electron chi connectivity index (χ3n) is 1.11. The monoisotopic (exact) mass is 173 g/mol. The van der Waals surface area contributed by atoms with Gasteiger partial charge in [-0.05, 0) is 5.92 Å². The Balaban J connectivity index is 0.000000461. The summed E-state index contributed by atoms with van der Waals surface area (Å²) in [4.78, 5) is 11.7. The highest BCUT2D eigenvalue weighted by Crippen LogP contribution is 2.14. The number of hydrogen-bond donors (Lipinski definition) is 1. The molecule has 11 heavy (non-hydrogen) atoms. The Hall–Kier alpha value is -0.570. The van der Waals surface area contributed by atoms with Gasteiger partial charge < -0.3 is 0 Å². The average Bonchev–Trinajstić information content (AvgIpc) is 2.40. The van der Waals surface area contributed by atoms with E-state index in [1.165, 1.54) is 11.5 Å². The minimum absolute atomic E-state index is 0.0173. The third-order valence-corrected chi connectivity index (χ3v) is 2.24.